The molecular weight excluding hydrogens is 336 g/mol. The number of fused-ring (bicyclic) bond motifs is 1. The number of ether oxygens (including phenoxy) is 1. The number of benzene rings is 1. The molecule has 1 amide bonds. The molecule has 7 heteroatoms. The fraction of sp³-hybridized carbons (Fsp3) is 0.421. The van der Waals surface area contributed by atoms with E-state index in [1.807, 2.05) is 19.1 Å². The maximum Gasteiger partial charge on any atom is 0.416 e. The van der Waals surface area contributed by atoms with Gasteiger partial charge in [-0.25, -0.2) is 4.79 Å². The highest BCUT2D eigenvalue weighted by Crippen LogP contribution is 2.22. The van der Waals surface area contributed by atoms with Crippen molar-refractivity contribution >= 4 is 28.9 Å². The molecule has 26 heavy (non-hydrogen) atoms. The quantitative estimate of drug-likeness (QED) is 0.740. The number of aromatic nitrogens is 1. The third-order valence-electron chi connectivity index (χ3n) is 4.37. The van der Waals surface area contributed by atoms with Crippen LogP contribution >= 0.6 is 0 Å². The zero-order valence-electron chi connectivity index (χ0n) is 15.2. The molecular formula is C19H24N2O5. The Morgan fingerprint density at radius 3 is 2.58 bits per heavy atom. The standard InChI is InChI=1S/C19H24N2O5/c1-12(8-9-17(22)26-3)18(23)20-13(2)10-14-11-21(19(24)25)16-7-5-4-6-15(14)16/h4-7,11-13H,8-10H2,1-3H3,(H,20,23)(H,24,25)/t12?,13-/m1/s1. The van der Waals surface area contributed by atoms with Crippen LogP contribution in [0, 0.1) is 5.92 Å². The Kier molecular flexibility index (Phi) is 6.38. The number of carboxylic acid groups (broad SMARTS) is 1. The number of hydrogen-bond acceptors (Lipinski definition) is 4. The Balaban J connectivity index is 2.02. The summed E-state index contributed by atoms with van der Waals surface area (Å²) in [6.07, 6.45) is 1.68. The first-order valence-electron chi connectivity index (χ1n) is 8.53. The highest BCUT2D eigenvalue weighted by Gasteiger charge is 2.19. The van der Waals surface area contributed by atoms with E-state index in [0.717, 1.165) is 10.9 Å². The monoisotopic (exact) mass is 360 g/mol. The van der Waals surface area contributed by atoms with Crippen molar-refractivity contribution < 1.29 is 24.2 Å². The van der Waals surface area contributed by atoms with Gasteiger partial charge >= 0.3 is 12.1 Å². The number of carbonyl (C=O) groups is 3. The van der Waals surface area contributed by atoms with E-state index >= 15 is 0 Å². The van der Waals surface area contributed by atoms with Gasteiger partial charge in [0.2, 0.25) is 5.91 Å². The minimum Gasteiger partial charge on any atom is -0.469 e. The van der Waals surface area contributed by atoms with E-state index in [1.165, 1.54) is 11.7 Å². The number of carbonyl (C=O) groups excluding carboxylic acids is 2. The summed E-state index contributed by atoms with van der Waals surface area (Å²) in [7, 11) is 1.32. The third kappa shape index (κ3) is 4.62. The van der Waals surface area contributed by atoms with Crippen molar-refractivity contribution in [1.82, 2.24) is 9.88 Å². The molecule has 0 aliphatic carbocycles. The molecule has 0 saturated carbocycles. The molecule has 0 aliphatic heterocycles. The number of hydrogen-bond donors (Lipinski definition) is 2. The maximum atomic E-state index is 12.3. The second kappa shape index (κ2) is 8.51. The van der Waals surface area contributed by atoms with Crippen LogP contribution in [0.25, 0.3) is 10.9 Å². The van der Waals surface area contributed by atoms with Gasteiger partial charge in [-0.1, -0.05) is 25.1 Å². The lowest BCUT2D eigenvalue weighted by Gasteiger charge is -2.17. The largest absolute Gasteiger partial charge is 0.469 e. The molecule has 140 valence electrons. The van der Waals surface area contributed by atoms with Crippen LogP contribution in [0.4, 0.5) is 4.79 Å². The van der Waals surface area contributed by atoms with Crippen molar-refractivity contribution in [3.05, 3.63) is 36.0 Å². The smallest absolute Gasteiger partial charge is 0.416 e. The van der Waals surface area contributed by atoms with E-state index in [9.17, 15) is 19.5 Å². The van der Waals surface area contributed by atoms with Crippen molar-refractivity contribution in [1.29, 1.82) is 0 Å². The van der Waals surface area contributed by atoms with Gasteiger partial charge in [0, 0.05) is 30.0 Å². The zero-order chi connectivity index (χ0) is 19.3. The van der Waals surface area contributed by atoms with Crippen LogP contribution in [-0.4, -0.2) is 40.8 Å². The SMILES string of the molecule is COC(=O)CCC(C)C(=O)N[C@H](C)Cc1cn(C(=O)O)c2ccccc12. The number of amides is 1. The average molecular weight is 360 g/mol. The summed E-state index contributed by atoms with van der Waals surface area (Å²) in [5.74, 6) is -0.778. The molecule has 2 aromatic rings. The molecule has 1 unspecified atom stereocenters. The lowest BCUT2D eigenvalue weighted by molar-refractivity contribution is -0.141. The van der Waals surface area contributed by atoms with Crippen LogP contribution in [0.5, 0.6) is 0 Å². The first kappa shape index (κ1) is 19.5. The minimum atomic E-state index is -1.04. The Bertz CT molecular complexity index is 811. The Morgan fingerprint density at radius 1 is 1.23 bits per heavy atom. The molecule has 2 atom stereocenters. The van der Waals surface area contributed by atoms with E-state index in [0.29, 0.717) is 18.4 Å². The Morgan fingerprint density at radius 2 is 1.92 bits per heavy atom. The molecule has 1 aromatic carbocycles. The van der Waals surface area contributed by atoms with E-state index in [4.69, 9.17) is 0 Å². The molecule has 0 fully saturated rings. The van der Waals surface area contributed by atoms with Gasteiger partial charge in [0.25, 0.3) is 0 Å². The van der Waals surface area contributed by atoms with Crippen molar-refractivity contribution in [2.24, 2.45) is 5.92 Å². The van der Waals surface area contributed by atoms with Gasteiger partial charge in [-0.15, -0.1) is 0 Å². The van der Waals surface area contributed by atoms with Gasteiger partial charge in [-0.3, -0.25) is 14.2 Å². The lowest BCUT2D eigenvalue weighted by atomic mass is 10.0. The molecule has 2 N–H and O–H groups in total. The average Bonchev–Trinajstić information content (AvgIpc) is 2.98. The van der Waals surface area contributed by atoms with Crippen molar-refractivity contribution in [3.8, 4) is 0 Å². The summed E-state index contributed by atoms with van der Waals surface area (Å²) in [6, 6.07) is 7.11. The lowest BCUT2D eigenvalue weighted by Crippen LogP contribution is -2.37. The van der Waals surface area contributed by atoms with Crippen molar-refractivity contribution in [2.75, 3.05) is 7.11 Å². The molecule has 7 nitrogen and oxygen atoms in total. The Hall–Kier alpha value is -2.83. The molecule has 0 aliphatic rings. The van der Waals surface area contributed by atoms with Gasteiger partial charge in [0.1, 0.15) is 0 Å². The van der Waals surface area contributed by atoms with Gasteiger partial charge in [0.15, 0.2) is 0 Å². The summed E-state index contributed by atoms with van der Waals surface area (Å²) in [6.45, 7) is 3.64. The molecule has 0 bridgehead atoms. The van der Waals surface area contributed by atoms with E-state index in [1.54, 1.807) is 25.3 Å². The predicted octanol–water partition coefficient (Wildman–Crippen LogP) is 2.80. The summed E-state index contributed by atoms with van der Waals surface area (Å²) in [5, 5.41) is 13.1. The summed E-state index contributed by atoms with van der Waals surface area (Å²) >= 11 is 0. The molecule has 2 rings (SSSR count). The number of esters is 1. The highest BCUT2D eigenvalue weighted by molar-refractivity contribution is 5.91. The molecule has 1 heterocycles. The van der Waals surface area contributed by atoms with Gasteiger partial charge in [-0.05, 0) is 31.4 Å². The van der Waals surface area contributed by atoms with E-state index in [2.05, 4.69) is 10.1 Å². The molecule has 1 aromatic heterocycles. The van der Waals surface area contributed by atoms with Gasteiger partial charge in [-0.2, -0.15) is 0 Å². The van der Waals surface area contributed by atoms with Crippen LogP contribution in [0.15, 0.2) is 30.5 Å². The fourth-order valence-electron chi connectivity index (χ4n) is 2.90. The summed E-state index contributed by atoms with van der Waals surface area (Å²) < 4.78 is 5.77. The minimum absolute atomic E-state index is 0.136. The van der Waals surface area contributed by atoms with Crippen LogP contribution in [0.3, 0.4) is 0 Å². The molecule has 0 radical (unpaired) electrons. The third-order valence-corrected chi connectivity index (χ3v) is 4.37. The number of para-hydroxylation sites is 1. The normalized spacial score (nSPS) is 13.2. The molecule has 0 spiro atoms. The molecule has 0 saturated heterocycles. The van der Waals surface area contributed by atoms with Crippen LogP contribution in [-0.2, 0) is 20.7 Å². The van der Waals surface area contributed by atoms with Gasteiger partial charge in [0.05, 0.1) is 12.6 Å². The second-order valence-electron chi connectivity index (χ2n) is 6.45. The Labute approximate surface area is 151 Å². The fourth-order valence-corrected chi connectivity index (χ4v) is 2.90. The predicted molar refractivity (Wildman–Crippen MR) is 97.1 cm³/mol. The first-order chi connectivity index (χ1) is 12.3. The maximum absolute atomic E-state index is 12.3. The number of nitrogens with one attached hydrogen (secondary N) is 1. The zero-order valence-corrected chi connectivity index (χ0v) is 15.2. The van der Waals surface area contributed by atoms with Crippen LogP contribution in [0.2, 0.25) is 0 Å². The van der Waals surface area contributed by atoms with Crippen molar-refractivity contribution in [2.45, 2.75) is 39.2 Å². The van der Waals surface area contributed by atoms with Crippen molar-refractivity contribution in [3.63, 3.8) is 0 Å². The van der Waals surface area contributed by atoms with E-state index in [-0.39, 0.29) is 30.3 Å². The highest BCUT2D eigenvalue weighted by atomic mass is 16.5. The summed E-state index contributed by atoms with van der Waals surface area (Å²) in [4.78, 5) is 34.8. The number of rotatable bonds is 7. The first-order valence-corrected chi connectivity index (χ1v) is 8.53. The number of methoxy groups -OCH3 is 1. The number of nitrogens with zero attached hydrogens (tertiary/aromatic N) is 1. The van der Waals surface area contributed by atoms with Gasteiger partial charge < -0.3 is 15.2 Å². The van der Waals surface area contributed by atoms with Crippen LogP contribution < -0.4 is 5.32 Å². The van der Waals surface area contributed by atoms with Crippen LogP contribution in [0.1, 0.15) is 32.3 Å². The summed E-state index contributed by atoms with van der Waals surface area (Å²) in [5.41, 5.74) is 1.48. The van der Waals surface area contributed by atoms with E-state index < -0.39 is 6.09 Å². The second-order valence-corrected chi connectivity index (χ2v) is 6.45. The topological polar surface area (TPSA) is 97.6 Å².